The van der Waals surface area contributed by atoms with E-state index in [9.17, 15) is 14.4 Å². The molecule has 0 heterocycles. The van der Waals surface area contributed by atoms with Crippen molar-refractivity contribution in [3.8, 4) is 0 Å². The van der Waals surface area contributed by atoms with E-state index in [0.29, 0.717) is 19.3 Å². The van der Waals surface area contributed by atoms with Gasteiger partial charge in [0.25, 0.3) is 0 Å². The SMILES string of the molecule is CCCCC/C=C\C/C=C\CCCCCCCCCC(=O)OC(COC(=O)CCCCCCCC)COC(=O)CCCCCCCCCCC/C=C\C/C=C\CCCCCCC. The summed E-state index contributed by atoms with van der Waals surface area (Å²) in [6.45, 7) is 6.55. The number of carbonyl (C=O) groups excluding carboxylic acids is 3. The summed E-state index contributed by atoms with van der Waals surface area (Å²) in [6, 6.07) is 0. The van der Waals surface area contributed by atoms with Crippen molar-refractivity contribution in [2.45, 2.75) is 277 Å². The molecule has 360 valence electrons. The van der Waals surface area contributed by atoms with Crippen molar-refractivity contribution in [3.05, 3.63) is 48.6 Å². The van der Waals surface area contributed by atoms with Crippen LogP contribution in [0.4, 0.5) is 0 Å². The normalized spacial score (nSPS) is 12.4. The molecule has 0 aliphatic carbocycles. The van der Waals surface area contributed by atoms with Gasteiger partial charge in [0.2, 0.25) is 0 Å². The van der Waals surface area contributed by atoms with Crippen LogP contribution in [0.3, 0.4) is 0 Å². The lowest BCUT2D eigenvalue weighted by Crippen LogP contribution is -2.30. The van der Waals surface area contributed by atoms with Crippen molar-refractivity contribution in [3.63, 3.8) is 0 Å². The lowest BCUT2D eigenvalue weighted by molar-refractivity contribution is -0.167. The highest BCUT2D eigenvalue weighted by atomic mass is 16.6. The predicted molar refractivity (Wildman–Crippen MR) is 265 cm³/mol. The Labute approximate surface area is 384 Å². The van der Waals surface area contributed by atoms with Gasteiger partial charge in [-0.05, 0) is 83.5 Å². The van der Waals surface area contributed by atoms with Crippen molar-refractivity contribution < 1.29 is 28.6 Å². The van der Waals surface area contributed by atoms with E-state index >= 15 is 0 Å². The summed E-state index contributed by atoms with van der Waals surface area (Å²) < 4.78 is 16.7. The number of ether oxygens (including phenoxy) is 3. The molecule has 0 radical (unpaired) electrons. The van der Waals surface area contributed by atoms with Crippen LogP contribution in [0.5, 0.6) is 0 Å². The van der Waals surface area contributed by atoms with E-state index in [1.807, 2.05) is 0 Å². The lowest BCUT2D eigenvalue weighted by Gasteiger charge is -2.18. The number of unbranched alkanes of at least 4 members (excludes halogenated alkanes) is 29. The largest absolute Gasteiger partial charge is 0.462 e. The molecule has 6 nitrogen and oxygen atoms in total. The zero-order valence-electron chi connectivity index (χ0n) is 41.1. The highest BCUT2D eigenvalue weighted by Crippen LogP contribution is 2.15. The Hall–Kier alpha value is -2.63. The summed E-state index contributed by atoms with van der Waals surface area (Å²) in [4.78, 5) is 37.8. The molecule has 0 amide bonds. The fourth-order valence-electron chi connectivity index (χ4n) is 7.50. The molecule has 0 bridgehead atoms. The second kappa shape index (κ2) is 51.0. The second-order valence-corrected chi connectivity index (χ2v) is 17.8. The number of rotatable bonds is 48. The molecule has 0 spiro atoms. The molecular formula is C56H100O6. The summed E-state index contributed by atoms with van der Waals surface area (Å²) in [5.41, 5.74) is 0. The third-order valence-corrected chi connectivity index (χ3v) is 11.6. The number of allylic oxidation sites excluding steroid dienone is 8. The van der Waals surface area contributed by atoms with Gasteiger partial charge in [0.15, 0.2) is 6.10 Å². The minimum Gasteiger partial charge on any atom is -0.462 e. The van der Waals surface area contributed by atoms with E-state index < -0.39 is 6.10 Å². The molecule has 1 unspecified atom stereocenters. The van der Waals surface area contributed by atoms with Gasteiger partial charge in [0, 0.05) is 19.3 Å². The molecule has 0 aromatic rings. The highest BCUT2D eigenvalue weighted by molar-refractivity contribution is 5.71. The minimum atomic E-state index is -0.774. The summed E-state index contributed by atoms with van der Waals surface area (Å²) in [5.74, 6) is -0.892. The van der Waals surface area contributed by atoms with Crippen LogP contribution < -0.4 is 0 Å². The van der Waals surface area contributed by atoms with Gasteiger partial charge in [0.05, 0.1) is 0 Å². The summed E-state index contributed by atoms with van der Waals surface area (Å²) in [7, 11) is 0. The summed E-state index contributed by atoms with van der Waals surface area (Å²) in [6.07, 6.45) is 61.2. The van der Waals surface area contributed by atoms with Crippen LogP contribution in [0.1, 0.15) is 271 Å². The standard InChI is InChI=1S/C56H100O6/c1-4-7-10-13-16-18-20-22-24-26-27-28-29-31-32-34-36-38-40-43-46-49-55(58)61-52-53(51-60-54(57)48-45-42-15-12-9-6-3)62-56(59)50-47-44-41-39-37-35-33-30-25-23-21-19-17-14-11-8-5-2/h17,19-20,22-23,25-27,53H,4-16,18,21,24,28-52H2,1-3H3/b19-17-,22-20-,25-23-,27-26-. The van der Waals surface area contributed by atoms with Crippen molar-refractivity contribution in [2.24, 2.45) is 0 Å². The minimum absolute atomic E-state index is 0.0771. The van der Waals surface area contributed by atoms with Crippen LogP contribution in [-0.4, -0.2) is 37.2 Å². The molecule has 6 heteroatoms. The maximum atomic E-state index is 12.8. The first-order valence-electron chi connectivity index (χ1n) is 26.6. The van der Waals surface area contributed by atoms with Crippen LogP contribution in [0, 0.1) is 0 Å². The second-order valence-electron chi connectivity index (χ2n) is 17.8. The van der Waals surface area contributed by atoms with Gasteiger partial charge in [0.1, 0.15) is 13.2 Å². The Bertz CT molecular complexity index is 1090. The smallest absolute Gasteiger partial charge is 0.306 e. The molecule has 0 aromatic carbocycles. The monoisotopic (exact) mass is 869 g/mol. The average molecular weight is 869 g/mol. The zero-order valence-corrected chi connectivity index (χ0v) is 41.1. The zero-order chi connectivity index (χ0) is 45.1. The fraction of sp³-hybridized carbons (Fsp3) is 0.804. The van der Waals surface area contributed by atoms with Crippen LogP contribution in [0.25, 0.3) is 0 Å². The van der Waals surface area contributed by atoms with E-state index in [0.717, 1.165) is 77.0 Å². The number of esters is 3. The van der Waals surface area contributed by atoms with Gasteiger partial charge >= 0.3 is 17.9 Å². The average Bonchev–Trinajstić information content (AvgIpc) is 3.27. The molecule has 0 fully saturated rings. The Balaban J connectivity index is 4.19. The van der Waals surface area contributed by atoms with E-state index in [1.165, 1.54) is 154 Å². The Morgan fingerprint density at radius 3 is 0.919 bits per heavy atom. The molecule has 62 heavy (non-hydrogen) atoms. The molecule has 0 aromatic heterocycles. The van der Waals surface area contributed by atoms with Crippen molar-refractivity contribution in [1.82, 2.24) is 0 Å². The Morgan fingerprint density at radius 2 is 0.581 bits per heavy atom. The molecule has 0 saturated carbocycles. The predicted octanol–water partition coefficient (Wildman–Crippen LogP) is 17.5. The van der Waals surface area contributed by atoms with Crippen LogP contribution in [0.15, 0.2) is 48.6 Å². The summed E-state index contributed by atoms with van der Waals surface area (Å²) >= 11 is 0. The van der Waals surface area contributed by atoms with Gasteiger partial charge in [-0.15, -0.1) is 0 Å². The van der Waals surface area contributed by atoms with E-state index in [4.69, 9.17) is 14.2 Å². The van der Waals surface area contributed by atoms with Crippen molar-refractivity contribution in [2.75, 3.05) is 13.2 Å². The molecule has 0 aliphatic rings. The van der Waals surface area contributed by atoms with Crippen molar-refractivity contribution >= 4 is 17.9 Å². The van der Waals surface area contributed by atoms with E-state index in [-0.39, 0.29) is 31.1 Å². The Kier molecular flexibility index (Phi) is 48.8. The first kappa shape index (κ1) is 59.4. The maximum Gasteiger partial charge on any atom is 0.306 e. The fourth-order valence-corrected chi connectivity index (χ4v) is 7.50. The van der Waals surface area contributed by atoms with Crippen LogP contribution in [0.2, 0.25) is 0 Å². The highest BCUT2D eigenvalue weighted by Gasteiger charge is 2.19. The van der Waals surface area contributed by atoms with Gasteiger partial charge in [-0.25, -0.2) is 0 Å². The van der Waals surface area contributed by atoms with Gasteiger partial charge in [-0.3, -0.25) is 14.4 Å². The maximum absolute atomic E-state index is 12.8. The Morgan fingerprint density at radius 1 is 0.323 bits per heavy atom. The molecule has 0 aliphatic heterocycles. The molecule has 0 rings (SSSR count). The van der Waals surface area contributed by atoms with E-state index in [1.54, 1.807) is 0 Å². The van der Waals surface area contributed by atoms with Gasteiger partial charge in [-0.1, -0.05) is 217 Å². The summed E-state index contributed by atoms with van der Waals surface area (Å²) in [5, 5.41) is 0. The van der Waals surface area contributed by atoms with Gasteiger partial charge < -0.3 is 14.2 Å². The lowest BCUT2D eigenvalue weighted by atomic mass is 10.1. The van der Waals surface area contributed by atoms with E-state index in [2.05, 4.69) is 69.4 Å². The topological polar surface area (TPSA) is 78.9 Å². The molecule has 0 saturated heterocycles. The number of hydrogen-bond donors (Lipinski definition) is 0. The van der Waals surface area contributed by atoms with Gasteiger partial charge in [-0.2, -0.15) is 0 Å². The third kappa shape index (κ3) is 48.4. The first-order valence-corrected chi connectivity index (χ1v) is 26.6. The molecule has 0 N–H and O–H groups in total. The number of hydrogen-bond acceptors (Lipinski definition) is 6. The number of carbonyl (C=O) groups is 3. The molecular weight excluding hydrogens is 769 g/mol. The van der Waals surface area contributed by atoms with Crippen LogP contribution in [-0.2, 0) is 28.6 Å². The quantitative estimate of drug-likeness (QED) is 0.0262. The molecule has 1 atom stereocenters. The van der Waals surface area contributed by atoms with Crippen LogP contribution >= 0.6 is 0 Å². The first-order chi connectivity index (χ1) is 30.5. The third-order valence-electron chi connectivity index (χ3n) is 11.6. The van der Waals surface area contributed by atoms with Crippen molar-refractivity contribution in [1.29, 1.82) is 0 Å².